The highest BCUT2D eigenvalue weighted by atomic mass is 35.5. The smallest absolute Gasteiger partial charge is 0.404 e. The number of β-lactam (4-membered cyclic amide) rings is 2. The molecule has 54 heavy (non-hydrogen) atoms. The molecule has 4 aliphatic rings. The first-order valence-electron chi connectivity index (χ1n) is 15.2. The molecule has 0 radical (unpaired) electrons. The Bertz CT molecular complexity index is 1930. The van der Waals surface area contributed by atoms with Crippen molar-refractivity contribution in [3.05, 3.63) is 82.1 Å². The molecule has 20 nitrogen and oxygen atoms in total. The number of oxime groups is 1. The van der Waals surface area contributed by atoms with Crippen molar-refractivity contribution in [3.8, 4) is 0 Å². The number of nitrogens with two attached hydrogens (primary N) is 2. The van der Waals surface area contributed by atoms with E-state index in [1.165, 1.54) is 43.0 Å². The molecule has 0 unspecified atom stereocenters. The molecule has 288 valence electrons. The standard InChI is InChI=1S/C16H16N4O8S.C15H14ClN3O4S.H2O/c1-26-19-9(8-3-2-4-27-8)12(21)18-10-13(22)20-11(15(23)24)7(5-28-16(17)25)6-29-14(10)20;16-8-6-24-14-10(13(21)19(14)11(8)15(22)23)18-12(20)9(17)7-4-2-1-3-5-7;/h2-4,10,14H,5-6H2,1H3,(H2,17,25)(H,18,21)(H,23,24);1-5,9-10,14H,6,17H2,(H,18,20)(H,22,23);1H2/b19-9+;;/t10-,14-;9-,10-,14-;/m11./s1. The van der Waals surface area contributed by atoms with Gasteiger partial charge in [0.05, 0.1) is 11.3 Å². The summed E-state index contributed by atoms with van der Waals surface area (Å²) >= 11 is 8.41. The van der Waals surface area contributed by atoms with Gasteiger partial charge in [0.15, 0.2) is 5.76 Å². The van der Waals surface area contributed by atoms with Gasteiger partial charge in [-0.15, -0.1) is 23.5 Å². The van der Waals surface area contributed by atoms with Crippen LogP contribution in [-0.4, -0.2) is 121 Å². The largest absolute Gasteiger partial charge is 0.477 e. The number of carboxylic acid groups (broad SMARTS) is 2. The molecule has 0 bridgehead atoms. The van der Waals surface area contributed by atoms with E-state index in [1.807, 2.05) is 6.07 Å². The van der Waals surface area contributed by atoms with Gasteiger partial charge in [-0.1, -0.05) is 47.1 Å². The Balaban J connectivity index is 0.000000240. The summed E-state index contributed by atoms with van der Waals surface area (Å²) in [4.78, 5) is 90.2. The van der Waals surface area contributed by atoms with Crippen LogP contribution in [0.5, 0.6) is 0 Å². The number of primary amides is 1. The van der Waals surface area contributed by atoms with Crippen LogP contribution in [-0.2, 0) is 38.3 Å². The van der Waals surface area contributed by atoms with E-state index in [0.717, 1.165) is 9.80 Å². The summed E-state index contributed by atoms with van der Waals surface area (Å²) in [5, 5.41) is 26.4. The average Bonchev–Trinajstić information content (AvgIpc) is 3.68. The highest BCUT2D eigenvalue weighted by Gasteiger charge is 2.55. The number of hydrogen-bond acceptors (Lipinski definition) is 14. The minimum absolute atomic E-state index is 0. The van der Waals surface area contributed by atoms with E-state index < -0.39 is 70.5 Å². The number of fused-ring (bicyclic) bond motifs is 2. The number of benzene rings is 1. The van der Waals surface area contributed by atoms with Gasteiger partial charge in [-0.2, -0.15) is 0 Å². The number of carboxylic acids is 2. The lowest BCUT2D eigenvalue weighted by molar-refractivity contribution is -0.150. The highest BCUT2D eigenvalue weighted by Crippen LogP contribution is 2.42. The van der Waals surface area contributed by atoms with Crippen molar-refractivity contribution in [3.63, 3.8) is 0 Å². The molecule has 6 rings (SSSR count). The van der Waals surface area contributed by atoms with Crippen molar-refractivity contribution in [2.75, 3.05) is 25.2 Å². The Morgan fingerprint density at radius 1 is 0.963 bits per heavy atom. The maximum Gasteiger partial charge on any atom is 0.404 e. The number of carbonyl (C=O) groups is 7. The van der Waals surface area contributed by atoms with E-state index in [2.05, 4.69) is 25.4 Å². The van der Waals surface area contributed by atoms with E-state index in [-0.39, 0.29) is 57.1 Å². The molecule has 0 aliphatic carbocycles. The van der Waals surface area contributed by atoms with Gasteiger partial charge in [-0.3, -0.25) is 29.0 Å². The van der Waals surface area contributed by atoms with Gasteiger partial charge in [-0.05, 0) is 17.7 Å². The number of thioether (sulfide) groups is 2. The third-order valence-electron chi connectivity index (χ3n) is 7.94. The monoisotopic (exact) mass is 809 g/mol. The summed E-state index contributed by atoms with van der Waals surface area (Å²) in [5.41, 5.74) is 11.0. The third-order valence-corrected chi connectivity index (χ3v) is 11.0. The van der Waals surface area contributed by atoms with Crippen molar-refractivity contribution in [2.45, 2.75) is 28.9 Å². The van der Waals surface area contributed by atoms with E-state index in [1.54, 1.807) is 30.3 Å². The maximum atomic E-state index is 12.6. The Labute approximate surface area is 318 Å². The molecule has 5 heterocycles. The fraction of sp³-hybridized carbons (Fsp3) is 0.290. The number of nitrogens with zero attached hydrogens (tertiary/aromatic N) is 3. The van der Waals surface area contributed by atoms with Crippen LogP contribution in [0.4, 0.5) is 4.79 Å². The lowest BCUT2D eigenvalue weighted by Gasteiger charge is -2.49. The molecule has 23 heteroatoms. The number of ether oxygens (including phenoxy) is 1. The number of rotatable bonds is 11. The third kappa shape index (κ3) is 8.31. The molecule has 5 atom stereocenters. The van der Waals surface area contributed by atoms with Crippen LogP contribution >= 0.6 is 35.1 Å². The predicted octanol–water partition coefficient (Wildman–Crippen LogP) is -0.739. The second kappa shape index (κ2) is 17.5. The SMILES string of the molecule is CO/N=C(/C(=O)N[C@@H]1C(=O)N2C(C(=O)O)=C(COC(N)=O)CS[C@H]12)c1ccco1.N[C@@H](C(=O)N[C@@H]1C(=O)N2C(C(=O)O)=C(Cl)CS[C@H]12)c1ccccc1.O. The van der Waals surface area contributed by atoms with Crippen LogP contribution in [0.1, 0.15) is 17.4 Å². The first-order chi connectivity index (χ1) is 25.3. The number of furan rings is 1. The van der Waals surface area contributed by atoms with Crippen molar-refractivity contribution in [1.82, 2.24) is 20.4 Å². The summed E-state index contributed by atoms with van der Waals surface area (Å²) in [7, 11) is 1.25. The lowest BCUT2D eigenvalue weighted by Crippen LogP contribution is -2.71. The lowest BCUT2D eigenvalue weighted by atomic mass is 10.0. The molecule has 2 saturated heterocycles. The van der Waals surface area contributed by atoms with Gasteiger partial charge in [0.25, 0.3) is 17.7 Å². The van der Waals surface area contributed by atoms with E-state index >= 15 is 0 Å². The van der Waals surface area contributed by atoms with Gasteiger partial charge < -0.3 is 51.8 Å². The Kier molecular flexibility index (Phi) is 13.4. The Hall–Kier alpha value is -5.55. The topological polar surface area (TPSA) is 318 Å². The quantitative estimate of drug-likeness (QED) is 0.0925. The molecule has 1 aromatic carbocycles. The van der Waals surface area contributed by atoms with Crippen molar-refractivity contribution >= 4 is 82.5 Å². The van der Waals surface area contributed by atoms with Crippen LogP contribution in [0.25, 0.3) is 0 Å². The molecule has 2 aromatic rings. The zero-order chi connectivity index (χ0) is 38.6. The molecular weight excluding hydrogens is 778 g/mol. The molecule has 5 amide bonds. The van der Waals surface area contributed by atoms with E-state index in [4.69, 9.17) is 27.5 Å². The first-order valence-corrected chi connectivity index (χ1v) is 17.7. The normalized spacial score (nSPS) is 22.1. The van der Waals surface area contributed by atoms with Crippen LogP contribution in [0, 0.1) is 0 Å². The molecule has 2 fully saturated rings. The molecule has 1 aromatic heterocycles. The second-order valence-electron chi connectivity index (χ2n) is 11.2. The molecule has 0 spiro atoms. The second-order valence-corrected chi connectivity index (χ2v) is 13.8. The van der Waals surface area contributed by atoms with Gasteiger partial charge in [0, 0.05) is 17.1 Å². The van der Waals surface area contributed by atoms with Gasteiger partial charge >= 0.3 is 18.0 Å². The zero-order valence-electron chi connectivity index (χ0n) is 27.8. The van der Waals surface area contributed by atoms with Crippen LogP contribution in [0.3, 0.4) is 0 Å². The van der Waals surface area contributed by atoms with Crippen molar-refractivity contribution in [2.24, 2.45) is 16.6 Å². The number of nitrogens with one attached hydrogen (secondary N) is 2. The Morgan fingerprint density at radius 3 is 2.11 bits per heavy atom. The first kappa shape index (κ1) is 41.2. The fourth-order valence-electron chi connectivity index (χ4n) is 5.50. The van der Waals surface area contributed by atoms with Gasteiger partial charge in [-0.25, -0.2) is 14.4 Å². The van der Waals surface area contributed by atoms with Crippen molar-refractivity contribution in [1.29, 1.82) is 0 Å². The summed E-state index contributed by atoms with van der Waals surface area (Å²) in [6.07, 6.45) is 0.290. The number of aliphatic carboxylic acids is 2. The summed E-state index contributed by atoms with van der Waals surface area (Å²) in [6, 6.07) is 9.15. The zero-order valence-corrected chi connectivity index (χ0v) is 30.2. The highest BCUT2D eigenvalue weighted by molar-refractivity contribution is 8.00. The van der Waals surface area contributed by atoms with Crippen LogP contribution in [0.2, 0.25) is 0 Å². The average molecular weight is 810 g/mol. The van der Waals surface area contributed by atoms with Crippen molar-refractivity contribution < 1.29 is 63.2 Å². The minimum atomic E-state index is -1.35. The molecular formula is C31H32ClN7O13S2. The number of halogens is 1. The number of amides is 5. The molecule has 4 aliphatic heterocycles. The Morgan fingerprint density at radius 2 is 1.56 bits per heavy atom. The van der Waals surface area contributed by atoms with Crippen LogP contribution < -0.4 is 22.1 Å². The maximum absolute atomic E-state index is 12.6. The van der Waals surface area contributed by atoms with E-state index in [9.17, 15) is 43.8 Å². The number of hydrogen-bond donors (Lipinski definition) is 6. The van der Waals surface area contributed by atoms with Crippen LogP contribution in [0.15, 0.2) is 80.3 Å². The van der Waals surface area contributed by atoms with E-state index in [0.29, 0.717) is 5.56 Å². The molecule has 10 N–H and O–H groups in total. The fourth-order valence-corrected chi connectivity index (χ4v) is 8.38. The minimum Gasteiger partial charge on any atom is -0.477 e. The van der Waals surface area contributed by atoms with Gasteiger partial charge in [0.1, 0.15) is 54.0 Å². The predicted molar refractivity (Wildman–Crippen MR) is 190 cm³/mol. The molecule has 0 saturated carbocycles. The summed E-state index contributed by atoms with van der Waals surface area (Å²) in [5.74, 6) is -4.36. The number of carbonyl (C=O) groups excluding carboxylic acids is 5. The summed E-state index contributed by atoms with van der Waals surface area (Å²) < 4.78 is 9.79. The van der Waals surface area contributed by atoms with Gasteiger partial charge in [0.2, 0.25) is 11.6 Å². The summed E-state index contributed by atoms with van der Waals surface area (Å²) in [6.45, 7) is -0.347.